The average Bonchev–Trinajstić information content (AvgIpc) is 2.85. The summed E-state index contributed by atoms with van der Waals surface area (Å²) >= 11 is 0. The second kappa shape index (κ2) is 9.82. The first-order valence-corrected chi connectivity index (χ1v) is 10.2. The fraction of sp³-hybridized carbons (Fsp3) is 0.273. The van der Waals surface area contributed by atoms with Crippen molar-refractivity contribution >= 4 is 29.0 Å². The molecule has 0 atom stereocenters. The number of carbonyl (C=O) groups excluding carboxylic acids is 1. The van der Waals surface area contributed by atoms with Crippen LogP contribution in [0.15, 0.2) is 54.9 Å². The van der Waals surface area contributed by atoms with E-state index < -0.39 is 0 Å². The normalized spacial score (nSPS) is 13.4. The molecule has 10 nitrogen and oxygen atoms in total. The highest BCUT2D eigenvalue weighted by Gasteiger charge is 2.22. The number of ether oxygens (including phenoxy) is 2. The molecule has 1 aromatic carbocycles. The molecule has 3 heterocycles. The van der Waals surface area contributed by atoms with Crippen LogP contribution in [0.2, 0.25) is 0 Å². The number of piperazine rings is 1. The number of amides is 2. The van der Waals surface area contributed by atoms with Crippen molar-refractivity contribution < 1.29 is 14.3 Å². The van der Waals surface area contributed by atoms with Crippen LogP contribution in [0.3, 0.4) is 0 Å². The molecule has 0 unspecified atom stereocenters. The number of pyridine rings is 1. The molecular weight excluding hydrogens is 410 g/mol. The summed E-state index contributed by atoms with van der Waals surface area (Å²) in [6, 6.07) is 12.7. The third-order valence-electron chi connectivity index (χ3n) is 5.08. The van der Waals surface area contributed by atoms with Gasteiger partial charge in [-0.3, -0.25) is 4.98 Å². The fourth-order valence-corrected chi connectivity index (χ4v) is 3.37. The number of hydrogen-bond acceptors (Lipinski definition) is 8. The monoisotopic (exact) mass is 435 g/mol. The van der Waals surface area contributed by atoms with Crippen LogP contribution in [0.1, 0.15) is 0 Å². The van der Waals surface area contributed by atoms with E-state index in [2.05, 4.69) is 30.7 Å². The van der Waals surface area contributed by atoms with Crippen LogP contribution in [0.4, 0.5) is 27.8 Å². The van der Waals surface area contributed by atoms with Gasteiger partial charge in [-0.05, 0) is 24.3 Å². The third-order valence-corrected chi connectivity index (χ3v) is 5.08. The van der Waals surface area contributed by atoms with Crippen LogP contribution in [-0.2, 0) is 0 Å². The first kappa shape index (κ1) is 21.2. The van der Waals surface area contributed by atoms with Crippen molar-refractivity contribution in [3.05, 3.63) is 54.9 Å². The van der Waals surface area contributed by atoms with Gasteiger partial charge in [-0.1, -0.05) is 0 Å². The lowest BCUT2D eigenvalue weighted by Gasteiger charge is -2.35. The summed E-state index contributed by atoms with van der Waals surface area (Å²) < 4.78 is 10.5. The molecule has 3 aromatic rings. The van der Waals surface area contributed by atoms with Crippen molar-refractivity contribution in [3.8, 4) is 11.5 Å². The maximum Gasteiger partial charge on any atom is 0.321 e. The zero-order valence-corrected chi connectivity index (χ0v) is 18.0. The van der Waals surface area contributed by atoms with Gasteiger partial charge in [0.2, 0.25) is 0 Å². The SMILES string of the molecule is COc1cc(NC(=O)N2CCN(c3ccc(Nc4cccnc4)nn3)CC2)cc(OC)c1. The van der Waals surface area contributed by atoms with Crippen molar-refractivity contribution in [3.63, 3.8) is 0 Å². The first-order chi connectivity index (χ1) is 15.6. The van der Waals surface area contributed by atoms with Gasteiger partial charge < -0.3 is 29.9 Å². The molecule has 0 saturated carbocycles. The van der Waals surface area contributed by atoms with Crippen LogP contribution in [0, 0.1) is 0 Å². The molecule has 166 valence electrons. The summed E-state index contributed by atoms with van der Waals surface area (Å²) in [5, 5.41) is 14.6. The third kappa shape index (κ3) is 5.15. The minimum atomic E-state index is -0.165. The predicted molar refractivity (Wildman–Crippen MR) is 122 cm³/mol. The second-order valence-electron chi connectivity index (χ2n) is 7.15. The molecule has 1 fully saturated rings. The van der Waals surface area contributed by atoms with E-state index in [-0.39, 0.29) is 6.03 Å². The standard InChI is InChI=1S/C22H25N7O3/c1-31-18-12-17(13-19(14-18)32-2)25-22(30)29-10-8-28(9-11-29)21-6-5-20(26-27-21)24-16-4-3-7-23-15-16/h3-7,12-15H,8-11H2,1-2H3,(H,24,26)(H,25,30). The summed E-state index contributed by atoms with van der Waals surface area (Å²) in [6.45, 7) is 2.48. The number of methoxy groups -OCH3 is 2. The number of benzene rings is 1. The molecule has 0 spiro atoms. The molecule has 2 aromatic heterocycles. The van der Waals surface area contributed by atoms with Crippen LogP contribution >= 0.6 is 0 Å². The first-order valence-electron chi connectivity index (χ1n) is 10.2. The lowest BCUT2D eigenvalue weighted by molar-refractivity contribution is 0.208. The Morgan fingerprint density at radius 1 is 0.938 bits per heavy atom. The number of aromatic nitrogens is 3. The van der Waals surface area contributed by atoms with Gasteiger partial charge in [0, 0.05) is 56.3 Å². The van der Waals surface area contributed by atoms with Crippen molar-refractivity contribution in [2.45, 2.75) is 0 Å². The Labute approximate surface area is 186 Å². The molecular formula is C22H25N7O3. The van der Waals surface area contributed by atoms with Gasteiger partial charge in [-0.25, -0.2) is 4.79 Å². The highest BCUT2D eigenvalue weighted by atomic mass is 16.5. The minimum absolute atomic E-state index is 0.165. The van der Waals surface area contributed by atoms with Gasteiger partial charge in [0.15, 0.2) is 11.6 Å². The van der Waals surface area contributed by atoms with Crippen LogP contribution in [-0.4, -0.2) is 66.5 Å². The summed E-state index contributed by atoms with van der Waals surface area (Å²) in [5.74, 6) is 2.65. The van der Waals surface area contributed by atoms with Gasteiger partial charge in [0.05, 0.1) is 26.1 Å². The number of nitrogens with zero attached hydrogens (tertiary/aromatic N) is 5. The van der Waals surface area contributed by atoms with Crippen LogP contribution in [0.5, 0.6) is 11.5 Å². The highest BCUT2D eigenvalue weighted by molar-refractivity contribution is 5.90. The Bertz CT molecular complexity index is 1020. The zero-order valence-electron chi connectivity index (χ0n) is 18.0. The molecule has 0 aliphatic carbocycles. The van der Waals surface area contributed by atoms with Crippen molar-refractivity contribution in [1.29, 1.82) is 0 Å². The van der Waals surface area contributed by atoms with E-state index in [0.29, 0.717) is 49.2 Å². The number of urea groups is 1. The lowest BCUT2D eigenvalue weighted by atomic mass is 10.2. The molecule has 4 rings (SSSR count). The maximum atomic E-state index is 12.7. The topological polar surface area (TPSA) is 105 Å². The van der Waals surface area contributed by atoms with Gasteiger partial charge in [-0.15, -0.1) is 10.2 Å². The maximum absolute atomic E-state index is 12.7. The summed E-state index contributed by atoms with van der Waals surface area (Å²) in [6.07, 6.45) is 3.44. The number of carbonyl (C=O) groups is 1. The molecule has 1 aliphatic rings. The molecule has 32 heavy (non-hydrogen) atoms. The summed E-state index contributed by atoms with van der Waals surface area (Å²) in [5.41, 5.74) is 1.47. The lowest BCUT2D eigenvalue weighted by Crippen LogP contribution is -2.50. The predicted octanol–water partition coefficient (Wildman–Crippen LogP) is 2.99. The second-order valence-corrected chi connectivity index (χ2v) is 7.15. The number of nitrogens with one attached hydrogen (secondary N) is 2. The number of anilines is 4. The van der Waals surface area contributed by atoms with E-state index in [0.717, 1.165) is 11.5 Å². The zero-order chi connectivity index (χ0) is 22.3. The Kier molecular flexibility index (Phi) is 6.49. The molecule has 2 N–H and O–H groups in total. The largest absolute Gasteiger partial charge is 0.497 e. The van der Waals surface area contributed by atoms with Gasteiger partial charge in [0.1, 0.15) is 11.5 Å². The van der Waals surface area contributed by atoms with Gasteiger partial charge in [-0.2, -0.15) is 0 Å². The van der Waals surface area contributed by atoms with Crippen molar-refractivity contribution in [1.82, 2.24) is 20.1 Å². The van der Waals surface area contributed by atoms with E-state index in [4.69, 9.17) is 9.47 Å². The molecule has 0 radical (unpaired) electrons. The Balaban J connectivity index is 1.31. The van der Waals surface area contributed by atoms with Crippen molar-refractivity contribution in [2.75, 3.05) is 55.9 Å². The van der Waals surface area contributed by atoms with E-state index in [1.807, 2.05) is 24.3 Å². The van der Waals surface area contributed by atoms with Crippen LogP contribution in [0.25, 0.3) is 0 Å². The van der Waals surface area contributed by atoms with E-state index >= 15 is 0 Å². The molecule has 0 bridgehead atoms. The van der Waals surface area contributed by atoms with Gasteiger partial charge >= 0.3 is 6.03 Å². The van der Waals surface area contributed by atoms with Gasteiger partial charge in [0.25, 0.3) is 0 Å². The summed E-state index contributed by atoms with van der Waals surface area (Å²) in [7, 11) is 3.15. The van der Waals surface area contributed by atoms with Crippen molar-refractivity contribution in [2.24, 2.45) is 0 Å². The highest BCUT2D eigenvalue weighted by Crippen LogP contribution is 2.26. The molecule has 1 aliphatic heterocycles. The van der Waals surface area contributed by atoms with E-state index in [1.165, 1.54) is 0 Å². The molecule has 10 heteroatoms. The van der Waals surface area contributed by atoms with E-state index in [1.54, 1.807) is 49.7 Å². The summed E-state index contributed by atoms with van der Waals surface area (Å²) in [4.78, 5) is 20.7. The minimum Gasteiger partial charge on any atom is -0.497 e. The van der Waals surface area contributed by atoms with E-state index in [9.17, 15) is 4.79 Å². The fourth-order valence-electron chi connectivity index (χ4n) is 3.37. The quantitative estimate of drug-likeness (QED) is 0.609. The van der Waals surface area contributed by atoms with Crippen LogP contribution < -0.4 is 25.0 Å². The smallest absolute Gasteiger partial charge is 0.321 e. The Morgan fingerprint density at radius 3 is 2.28 bits per heavy atom. The number of rotatable bonds is 6. The molecule has 1 saturated heterocycles. The number of hydrogen-bond donors (Lipinski definition) is 2. The average molecular weight is 435 g/mol. The Morgan fingerprint density at radius 2 is 1.69 bits per heavy atom. The molecule has 2 amide bonds. The Hall–Kier alpha value is -4.08.